The van der Waals surface area contributed by atoms with E-state index in [9.17, 15) is 9.90 Å². The van der Waals surface area contributed by atoms with Gasteiger partial charge in [-0.1, -0.05) is 38.4 Å². The number of rotatable bonds is 3. The fourth-order valence-corrected chi connectivity index (χ4v) is 2.96. The third-order valence-electron chi connectivity index (χ3n) is 3.81. The standard InChI is InChI=1S/C17H20ClN5O2/c1-9(24)19-8-10-5-6-11(12(25)7-10)15-20-16-13(18)14(17(2,3)4)21-23(16)22-15/h5-7,25H,8H2,1-4H3,(H,19,24)(H,20,22). The molecule has 0 radical (unpaired) electrons. The van der Waals surface area contributed by atoms with Gasteiger partial charge >= 0.3 is 0 Å². The summed E-state index contributed by atoms with van der Waals surface area (Å²) in [5, 5.41) is 22.3. The van der Waals surface area contributed by atoms with E-state index in [1.54, 1.807) is 12.1 Å². The van der Waals surface area contributed by atoms with Gasteiger partial charge in [-0.3, -0.25) is 4.79 Å². The van der Waals surface area contributed by atoms with E-state index in [4.69, 9.17) is 11.6 Å². The molecule has 0 unspecified atom stereocenters. The zero-order chi connectivity index (χ0) is 18.4. The minimum atomic E-state index is -0.195. The zero-order valence-electron chi connectivity index (χ0n) is 14.5. The summed E-state index contributed by atoms with van der Waals surface area (Å²) in [6.45, 7) is 7.89. The first-order valence-corrected chi connectivity index (χ1v) is 8.26. The molecule has 3 N–H and O–H groups in total. The molecule has 3 rings (SSSR count). The van der Waals surface area contributed by atoms with Crippen molar-refractivity contribution >= 4 is 23.2 Å². The van der Waals surface area contributed by atoms with Crippen LogP contribution in [0.2, 0.25) is 5.02 Å². The van der Waals surface area contributed by atoms with Gasteiger partial charge in [-0.15, -0.1) is 9.73 Å². The summed E-state index contributed by atoms with van der Waals surface area (Å²) in [4.78, 5) is 14.1. The number of fused-ring (bicyclic) bond motifs is 1. The molecule has 0 aliphatic heterocycles. The van der Waals surface area contributed by atoms with Crippen molar-refractivity contribution in [3.8, 4) is 17.1 Å². The minimum absolute atomic E-state index is 0.0621. The number of H-pyrrole nitrogens is 1. The number of phenols is 1. The second-order valence-electron chi connectivity index (χ2n) is 6.99. The van der Waals surface area contributed by atoms with Crippen molar-refractivity contribution in [2.75, 3.05) is 0 Å². The van der Waals surface area contributed by atoms with Gasteiger partial charge in [-0.05, 0) is 17.7 Å². The van der Waals surface area contributed by atoms with E-state index in [-0.39, 0.29) is 17.1 Å². The van der Waals surface area contributed by atoms with E-state index in [0.29, 0.717) is 28.6 Å². The fourth-order valence-electron chi connectivity index (χ4n) is 2.51. The molecule has 132 valence electrons. The van der Waals surface area contributed by atoms with Gasteiger partial charge in [-0.2, -0.15) is 5.10 Å². The molecule has 0 aliphatic carbocycles. The summed E-state index contributed by atoms with van der Waals surface area (Å²) in [5.74, 6) is 0.403. The predicted molar refractivity (Wildman–Crippen MR) is 95.7 cm³/mol. The van der Waals surface area contributed by atoms with Gasteiger partial charge < -0.3 is 15.4 Å². The highest BCUT2D eigenvalue weighted by Crippen LogP contribution is 2.33. The Kier molecular flexibility index (Phi) is 4.20. The monoisotopic (exact) mass is 361 g/mol. The number of nitrogens with one attached hydrogen (secondary N) is 2. The Balaban J connectivity index is 1.95. The van der Waals surface area contributed by atoms with E-state index >= 15 is 0 Å². The number of carbonyl (C=O) groups excluding carboxylic acids is 1. The van der Waals surface area contributed by atoms with Crippen LogP contribution in [0.3, 0.4) is 0 Å². The Morgan fingerprint density at radius 1 is 1.36 bits per heavy atom. The average molecular weight is 362 g/mol. The molecular formula is C17H20ClN5O2. The van der Waals surface area contributed by atoms with E-state index in [1.807, 2.05) is 26.8 Å². The van der Waals surface area contributed by atoms with Gasteiger partial charge in [-0.25, -0.2) is 0 Å². The van der Waals surface area contributed by atoms with E-state index < -0.39 is 0 Å². The van der Waals surface area contributed by atoms with Crippen LogP contribution in [-0.4, -0.2) is 30.8 Å². The van der Waals surface area contributed by atoms with Crippen LogP contribution in [0.4, 0.5) is 0 Å². The number of aromatic nitrogens is 4. The Morgan fingerprint density at radius 2 is 2.08 bits per heavy atom. The number of amides is 1. The van der Waals surface area contributed by atoms with Crippen LogP contribution >= 0.6 is 11.6 Å². The summed E-state index contributed by atoms with van der Waals surface area (Å²) in [6, 6.07) is 5.15. The summed E-state index contributed by atoms with van der Waals surface area (Å²) in [5.41, 5.74) is 2.48. The van der Waals surface area contributed by atoms with Crippen LogP contribution in [0.25, 0.3) is 17.0 Å². The Labute approximate surface area is 150 Å². The number of aromatic amines is 1. The van der Waals surface area contributed by atoms with Crippen molar-refractivity contribution in [2.45, 2.75) is 39.7 Å². The molecule has 0 fully saturated rings. The number of hydrogen-bond acceptors (Lipinski definition) is 4. The van der Waals surface area contributed by atoms with Gasteiger partial charge in [0.2, 0.25) is 5.91 Å². The number of hydrogen-bond donors (Lipinski definition) is 3. The van der Waals surface area contributed by atoms with Crippen molar-refractivity contribution in [2.24, 2.45) is 0 Å². The molecule has 2 heterocycles. The fraction of sp³-hybridized carbons (Fsp3) is 0.353. The summed E-state index contributed by atoms with van der Waals surface area (Å²) < 4.78 is 1.45. The van der Waals surface area contributed by atoms with Gasteiger partial charge in [0.1, 0.15) is 10.8 Å². The van der Waals surface area contributed by atoms with Crippen LogP contribution < -0.4 is 5.32 Å². The van der Waals surface area contributed by atoms with Gasteiger partial charge in [0, 0.05) is 18.9 Å². The maximum atomic E-state index is 11.0. The van der Waals surface area contributed by atoms with Gasteiger partial charge in [0.25, 0.3) is 0 Å². The molecule has 0 spiro atoms. The molecule has 0 aliphatic rings. The number of phenolic OH excluding ortho intramolecular Hbond substituents is 1. The second-order valence-corrected chi connectivity index (χ2v) is 7.36. The van der Waals surface area contributed by atoms with Crippen molar-refractivity contribution in [1.29, 1.82) is 0 Å². The lowest BCUT2D eigenvalue weighted by atomic mass is 9.92. The number of aromatic hydroxyl groups is 1. The average Bonchev–Trinajstić information content (AvgIpc) is 3.04. The smallest absolute Gasteiger partial charge is 0.217 e. The molecule has 1 aromatic carbocycles. The second kappa shape index (κ2) is 6.07. The highest BCUT2D eigenvalue weighted by atomic mass is 35.5. The lowest BCUT2D eigenvalue weighted by Gasteiger charge is -2.14. The predicted octanol–water partition coefficient (Wildman–Crippen LogP) is 3.02. The van der Waals surface area contributed by atoms with Crippen molar-refractivity contribution in [3.63, 3.8) is 0 Å². The number of nitrogens with zero attached hydrogens (tertiary/aromatic N) is 3. The molecule has 2 aromatic heterocycles. The van der Waals surface area contributed by atoms with Crippen LogP contribution in [0.5, 0.6) is 5.75 Å². The van der Waals surface area contributed by atoms with Gasteiger partial charge in [0.05, 0.1) is 11.3 Å². The van der Waals surface area contributed by atoms with E-state index in [2.05, 4.69) is 20.5 Å². The Hall–Kier alpha value is -2.54. The molecule has 1 amide bonds. The highest BCUT2D eigenvalue weighted by molar-refractivity contribution is 6.34. The minimum Gasteiger partial charge on any atom is -0.507 e. The number of benzene rings is 1. The topological polar surface area (TPSA) is 95.3 Å². The van der Waals surface area contributed by atoms with E-state index in [1.165, 1.54) is 11.6 Å². The molecule has 0 saturated carbocycles. The molecule has 0 saturated heterocycles. The molecule has 3 aromatic rings. The maximum Gasteiger partial charge on any atom is 0.217 e. The molecule has 0 bridgehead atoms. The number of halogens is 1. The molecule has 25 heavy (non-hydrogen) atoms. The van der Waals surface area contributed by atoms with Crippen molar-refractivity contribution < 1.29 is 9.90 Å². The quantitative estimate of drug-likeness (QED) is 0.668. The van der Waals surface area contributed by atoms with Crippen molar-refractivity contribution in [3.05, 3.63) is 34.5 Å². The largest absolute Gasteiger partial charge is 0.507 e. The Bertz CT molecular complexity index is 952. The lowest BCUT2D eigenvalue weighted by molar-refractivity contribution is -0.119. The first-order chi connectivity index (χ1) is 11.7. The molecular weight excluding hydrogens is 342 g/mol. The zero-order valence-corrected chi connectivity index (χ0v) is 15.3. The summed E-state index contributed by atoms with van der Waals surface area (Å²) in [6.07, 6.45) is 0. The Morgan fingerprint density at radius 3 is 2.64 bits per heavy atom. The van der Waals surface area contributed by atoms with Crippen LogP contribution in [0.15, 0.2) is 18.2 Å². The molecule has 8 heteroatoms. The van der Waals surface area contributed by atoms with Gasteiger partial charge in [0.15, 0.2) is 11.5 Å². The van der Waals surface area contributed by atoms with Crippen molar-refractivity contribution in [1.82, 2.24) is 25.1 Å². The third-order valence-corrected chi connectivity index (χ3v) is 4.17. The van der Waals surface area contributed by atoms with Crippen LogP contribution in [0.1, 0.15) is 39.0 Å². The van der Waals surface area contributed by atoms with Crippen LogP contribution in [0, 0.1) is 0 Å². The summed E-state index contributed by atoms with van der Waals surface area (Å²) in [7, 11) is 0. The number of carbonyl (C=O) groups is 1. The summed E-state index contributed by atoms with van der Waals surface area (Å²) >= 11 is 6.42. The molecule has 0 atom stereocenters. The first kappa shape index (κ1) is 17.3. The molecule has 7 nitrogen and oxygen atoms in total. The SMILES string of the molecule is CC(=O)NCc1ccc(-c2nn3nc(C(C)(C)C)c(Cl)c3[nH]2)c(O)c1. The van der Waals surface area contributed by atoms with Crippen LogP contribution in [-0.2, 0) is 16.8 Å². The maximum absolute atomic E-state index is 11.0. The normalized spacial score (nSPS) is 11.9. The van der Waals surface area contributed by atoms with E-state index in [0.717, 1.165) is 11.3 Å². The third kappa shape index (κ3) is 3.32. The first-order valence-electron chi connectivity index (χ1n) is 7.88. The highest BCUT2D eigenvalue weighted by Gasteiger charge is 2.25. The lowest BCUT2D eigenvalue weighted by Crippen LogP contribution is -2.18.